The summed E-state index contributed by atoms with van der Waals surface area (Å²) in [4.78, 5) is 7.28. The topological polar surface area (TPSA) is 67.4 Å². The molecule has 1 aliphatic rings. The Morgan fingerprint density at radius 1 is 1.06 bits per heavy atom. The molecule has 0 radical (unpaired) electrons. The minimum atomic E-state index is 0.221. The van der Waals surface area contributed by atoms with Gasteiger partial charge in [-0.25, -0.2) is 4.99 Å². The van der Waals surface area contributed by atoms with Gasteiger partial charge in [-0.15, -0.1) is 0 Å². The molecule has 1 aliphatic heterocycles. The molecule has 1 fully saturated rings. The molecule has 1 atom stereocenters. The summed E-state index contributed by atoms with van der Waals surface area (Å²) in [5, 5.41) is 6.93. The zero-order valence-electron chi connectivity index (χ0n) is 19.5. The predicted octanol–water partition coefficient (Wildman–Crippen LogP) is 2.97. The number of hydrogen-bond acceptors (Lipinski definition) is 5. The Morgan fingerprint density at radius 3 is 2.50 bits per heavy atom. The van der Waals surface area contributed by atoms with Crippen LogP contribution in [0.5, 0.6) is 5.75 Å². The molecule has 2 aromatic carbocycles. The Balaban J connectivity index is 1.70. The molecule has 1 unspecified atom stereocenters. The largest absolute Gasteiger partial charge is 0.497 e. The van der Waals surface area contributed by atoms with Gasteiger partial charge >= 0.3 is 0 Å². The normalized spacial score (nSPS) is 15.9. The summed E-state index contributed by atoms with van der Waals surface area (Å²) in [6, 6.07) is 16.9. The number of morpholine rings is 1. The van der Waals surface area contributed by atoms with Gasteiger partial charge in [0.2, 0.25) is 0 Å². The number of hydrogen-bond donors (Lipinski definition) is 2. The van der Waals surface area contributed by atoms with Gasteiger partial charge in [-0.1, -0.05) is 36.4 Å². The Kier molecular flexibility index (Phi) is 9.81. The lowest BCUT2D eigenvalue weighted by molar-refractivity contribution is 0.0170. The molecule has 0 spiro atoms. The fraction of sp³-hybridized carbons (Fsp3) is 0.480. The molecule has 7 heteroatoms. The second-order valence-electron chi connectivity index (χ2n) is 7.77. The number of guanidine groups is 1. The minimum Gasteiger partial charge on any atom is -0.497 e. The van der Waals surface area contributed by atoms with Crippen molar-refractivity contribution in [2.45, 2.75) is 26.1 Å². The van der Waals surface area contributed by atoms with E-state index in [4.69, 9.17) is 19.2 Å². The quantitative estimate of drug-likeness (QED) is 0.437. The minimum absolute atomic E-state index is 0.221. The van der Waals surface area contributed by atoms with E-state index in [1.165, 1.54) is 5.56 Å². The van der Waals surface area contributed by atoms with E-state index in [2.05, 4.69) is 58.9 Å². The highest BCUT2D eigenvalue weighted by Gasteiger charge is 2.23. The molecule has 0 saturated carbocycles. The van der Waals surface area contributed by atoms with E-state index in [1.807, 2.05) is 12.1 Å². The lowest BCUT2D eigenvalue weighted by Gasteiger charge is -2.35. The van der Waals surface area contributed by atoms with Crippen molar-refractivity contribution in [3.8, 4) is 5.75 Å². The molecule has 0 aliphatic carbocycles. The second kappa shape index (κ2) is 13.1. The average Bonchev–Trinajstić information content (AvgIpc) is 2.84. The first-order valence-corrected chi connectivity index (χ1v) is 11.3. The van der Waals surface area contributed by atoms with Crippen molar-refractivity contribution in [1.29, 1.82) is 0 Å². The third-order valence-corrected chi connectivity index (χ3v) is 5.52. The Labute approximate surface area is 191 Å². The smallest absolute Gasteiger partial charge is 0.191 e. The van der Waals surface area contributed by atoms with Crippen molar-refractivity contribution in [2.24, 2.45) is 4.99 Å². The monoisotopic (exact) mass is 440 g/mol. The first kappa shape index (κ1) is 24.0. The first-order chi connectivity index (χ1) is 15.7. The third-order valence-electron chi connectivity index (χ3n) is 5.52. The molecule has 0 bridgehead atoms. The van der Waals surface area contributed by atoms with E-state index in [9.17, 15) is 0 Å². The summed E-state index contributed by atoms with van der Waals surface area (Å²) < 4.78 is 16.2. The molecular formula is C25H36N4O3. The van der Waals surface area contributed by atoms with E-state index in [-0.39, 0.29) is 6.04 Å². The molecule has 1 heterocycles. The van der Waals surface area contributed by atoms with Crippen molar-refractivity contribution in [3.05, 3.63) is 65.2 Å². The van der Waals surface area contributed by atoms with E-state index in [1.54, 1.807) is 14.2 Å². The van der Waals surface area contributed by atoms with Crippen LogP contribution in [0.2, 0.25) is 0 Å². The molecule has 0 amide bonds. The molecule has 174 valence electrons. The van der Waals surface area contributed by atoms with Crippen LogP contribution in [0.25, 0.3) is 0 Å². The lowest BCUT2D eigenvalue weighted by atomic mass is 10.0. The number of ether oxygens (including phenoxy) is 3. The number of rotatable bonds is 10. The molecule has 0 aromatic heterocycles. The van der Waals surface area contributed by atoms with Gasteiger partial charge < -0.3 is 24.8 Å². The Bertz CT molecular complexity index is 835. The summed E-state index contributed by atoms with van der Waals surface area (Å²) in [5.74, 6) is 1.68. The van der Waals surface area contributed by atoms with E-state index in [0.29, 0.717) is 13.2 Å². The molecule has 7 nitrogen and oxygen atoms in total. The van der Waals surface area contributed by atoms with Gasteiger partial charge in [-0.05, 0) is 35.7 Å². The predicted molar refractivity (Wildman–Crippen MR) is 128 cm³/mol. The van der Waals surface area contributed by atoms with Gasteiger partial charge in [0.25, 0.3) is 0 Å². The van der Waals surface area contributed by atoms with Gasteiger partial charge in [-0.3, -0.25) is 4.90 Å². The van der Waals surface area contributed by atoms with Crippen LogP contribution in [0, 0.1) is 0 Å². The highest BCUT2D eigenvalue weighted by atomic mass is 16.5. The molecule has 32 heavy (non-hydrogen) atoms. The number of methoxy groups -OCH3 is 2. The zero-order valence-corrected chi connectivity index (χ0v) is 19.5. The average molecular weight is 441 g/mol. The third kappa shape index (κ3) is 7.22. The Morgan fingerprint density at radius 2 is 1.81 bits per heavy atom. The number of benzene rings is 2. The fourth-order valence-corrected chi connectivity index (χ4v) is 3.86. The summed E-state index contributed by atoms with van der Waals surface area (Å²) in [7, 11) is 3.41. The maximum Gasteiger partial charge on any atom is 0.191 e. The van der Waals surface area contributed by atoms with Crippen LogP contribution in [-0.4, -0.2) is 64.5 Å². The van der Waals surface area contributed by atoms with Gasteiger partial charge in [0, 0.05) is 33.3 Å². The zero-order chi connectivity index (χ0) is 22.6. The van der Waals surface area contributed by atoms with Crippen LogP contribution in [0.3, 0.4) is 0 Å². The van der Waals surface area contributed by atoms with E-state index in [0.717, 1.165) is 62.2 Å². The van der Waals surface area contributed by atoms with E-state index < -0.39 is 0 Å². The van der Waals surface area contributed by atoms with Crippen LogP contribution in [0.1, 0.15) is 29.7 Å². The summed E-state index contributed by atoms with van der Waals surface area (Å²) >= 11 is 0. The Hall–Kier alpha value is -2.61. The van der Waals surface area contributed by atoms with Gasteiger partial charge in [0.1, 0.15) is 5.75 Å². The molecule has 2 aromatic rings. The SMILES string of the molecule is CCNC(=NCc1cccc(COC)c1)NCC(c1ccc(OC)cc1)N1CCOCC1. The summed E-state index contributed by atoms with van der Waals surface area (Å²) in [6.07, 6.45) is 0. The van der Waals surface area contributed by atoms with Gasteiger partial charge in [-0.2, -0.15) is 0 Å². The van der Waals surface area contributed by atoms with Gasteiger partial charge in [0.15, 0.2) is 5.96 Å². The highest BCUT2D eigenvalue weighted by Crippen LogP contribution is 2.23. The summed E-state index contributed by atoms with van der Waals surface area (Å²) in [5.41, 5.74) is 3.57. The maximum atomic E-state index is 5.57. The molecule has 1 saturated heterocycles. The molecule has 3 rings (SSSR count). The standard InChI is InChI=1S/C25H36N4O3/c1-4-26-25(27-17-20-6-5-7-21(16-20)19-30-2)28-18-24(29-12-14-32-15-13-29)22-8-10-23(31-3)11-9-22/h5-11,16,24H,4,12-15,17-19H2,1-3H3,(H2,26,27,28). The maximum absolute atomic E-state index is 5.57. The van der Waals surface area contributed by atoms with Crippen molar-refractivity contribution < 1.29 is 14.2 Å². The van der Waals surface area contributed by atoms with Crippen LogP contribution >= 0.6 is 0 Å². The van der Waals surface area contributed by atoms with Crippen molar-refractivity contribution >= 4 is 5.96 Å². The fourth-order valence-electron chi connectivity index (χ4n) is 3.86. The van der Waals surface area contributed by atoms with Crippen molar-refractivity contribution in [2.75, 3.05) is 53.6 Å². The van der Waals surface area contributed by atoms with Gasteiger partial charge in [0.05, 0.1) is 39.5 Å². The first-order valence-electron chi connectivity index (χ1n) is 11.3. The molecule has 2 N–H and O–H groups in total. The lowest BCUT2D eigenvalue weighted by Crippen LogP contribution is -2.46. The van der Waals surface area contributed by atoms with Crippen molar-refractivity contribution in [1.82, 2.24) is 15.5 Å². The second-order valence-corrected chi connectivity index (χ2v) is 7.77. The van der Waals surface area contributed by atoms with Crippen molar-refractivity contribution in [3.63, 3.8) is 0 Å². The number of nitrogens with one attached hydrogen (secondary N) is 2. The van der Waals surface area contributed by atoms with Crippen LogP contribution in [-0.2, 0) is 22.6 Å². The highest BCUT2D eigenvalue weighted by molar-refractivity contribution is 5.79. The van der Waals surface area contributed by atoms with Crippen LogP contribution < -0.4 is 15.4 Å². The van der Waals surface area contributed by atoms with Crippen LogP contribution in [0.15, 0.2) is 53.5 Å². The summed E-state index contributed by atoms with van der Waals surface area (Å²) in [6.45, 7) is 8.21. The number of aliphatic imine (C=N–C) groups is 1. The molecular weight excluding hydrogens is 404 g/mol. The van der Waals surface area contributed by atoms with Crippen LogP contribution in [0.4, 0.5) is 0 Å². The van der Waals surface area contributed by atoms with E-state index >= 15 is 0 Å². The number of nitrogens with zero attached hydrogens (tertiary/aromatic N) is 2.